The van der Waals surface area contributed by atoms with Crippen molar-refractivity contribution in [3.63, 3.8) is 0 Å². The van der Waals surface area contributed by atoms with E-state index >= 15 is 0 Å². The van der Waals surface area contributed by atoms with Crippen molar-refractivity contribution in [1.82, 2.24) is 10.0 Å². The first kappa shape index (κ1) is 17.1. The summed E-state index contributed by atoms with van der Waals surface area (Å²) < 4.78 is 28.3. The Labute approximate surface area is 141 Å². The molecule has 2 aromatic heterocycles. The Balaban J connectivity index is 2.10. The summed E-state index contributed by atoms with van der Waals surface area (Å²) in [4.78, 5) is 2.47. The summed E-state index contributed by atoms with van der Waals surface area (Å²) in [7, 11) is -1.66. The van der Waals surface area contributed by atoms with E-state index in [0.717, 1.165) is 4.88 Å². The standard InChI is InChI=1S/C13H17BrN2O2S3/c1-9(6-10-4-3-5-19-10)16-21(17,18)12-7-11(8-15-2)20-13(12)14/h3-5,7,9,15-16H,6,8H2,1-2H3. The van der Waals surface area contributed by atoms with Gasteiger partial charge < -0.3 is 5.32 Å². The first-order valence-corrected chi connectivity index (χ1v) is 10.4. The quantitative estimate of drug-likeness (QED) is 0.739. The van der Waals surface area contributed by atoms with Gasteiger partial charge in [-0.3, -0.25) is 0 Å². The molecule has 0 spiro atoms. The molecule has 1 unspecified atom stereocenters. The van der Waals surface area contributed by atoms with Gasteiger partial charge >= 0.3 is 0 Å². The lowest BCUT2D eigenvalue weighted by Gasteiger charge is -2.12. The number of rotatable bonds is 7. The van der Waals surface area contributed by atoms with E-state index in [4.69, 9.17) is 0 Å². The molecule has 1 atom stereocenters. The van der Waals surface area contributed by atoms with E-state index in [2.05, 4.69) is 26.0 Å². The third-order valence-electron chi connectivity index (χ3n) is 2.79. The maximum atomic E-state index is 12.5. The van der Waals surface area contributed by atoms with Gasteiger partial charge in [-0.2, -0.15) is 0 Å². The van der Waals surface area contributed by atoms with Crippen LogP contribution in [0.25, 0.3) is 0 Å². The molecule has 2 rings (SSSR count). The zero-order chi connectivity index (χ0) is 15.5. The van der Waals surface area contributed by atoms with Gasteiger partial charge in [0.25, 0.3) is 0 Å². The van der Waals surface area contributed by atoms with Crippen LogP contribution in [0.2, 0.25) is 0 Å². The zero-order valence-corrected chi connectivity index (χ0v) is 15.8. The Bertz CT molecular complexity index is 680. The number of sulfonamides is 1. The SMILES string of the molecule is CNCc1cc(S(=O)(=O)NC(C)Cc2cccs2)c(Br)s1. The highest BCUT2D eigenvalue weighted by Gasteiger charge is 2.23. The number of hydrogen-bond donors (Lipinski definition) is 2. The number of halogens is 1. The average molecular weight is 409 g/mol. The molecule has 0 fully saturated rings. The highest BCUT2D eigenvalue weighted by molar-refractivity contribution is 9.11. The third kappa shape index (κ3) is 4.61. The summed E-state index contributed by atoms with van der Waals surface area (Å²) >= 11 is 6.42. The van der Waals surface area contributed by atoms with Gasteiger partial charge in [0.1, 0.15) is 4.90 Å². The third-order valence-corrected chi connectivity index (χ3v) is 7.53. The zero-order valence-electron chi connectivity index (χ0n) is 11.7. The van der Waals surface area contributed by atoms with Gasteiger partial charge in [-0.25, -0.2) is 13.1 Å². The van der Waals surface area contributed by atoms with Gasteiger partial charge in [-0.05, 0) is 53.8 Å². The van der Waals surface area contributed by atoms with Crippen LogP contribution in [0.3, 0.4) is 0 Å². The maximum Gasteiger partial charge on any atom is 0.242 e. The highest BCUT2D eigenvalue weighted by atomic mass is 79.9. The Morgan fingerprint density at radius 3 is 2.76 bits per heavy atom. The van der Waals surface area contributed by atoms with E-state index < -0.39 is 10.0 Å². The molecule has 0 aromatic carbocycles. The van der Waals surface area contributed by atoms with Gasteiger partial charge in [0, 0.05) is 22.3 Å². The molecule has 0 saturated heterocycles. The van der Waals surface area contributed by atoms with Crippen LogP contribution >= 0.6 is 38.6 Å². The van der Waals surface area contributed by atoms with Gasteiger partial charge in [0.05, 0.1) is 3.79 Å². The predicted molar refractivity (Wildman–Crippen MR) is 92.6 cm³/mol. The molecule has 4 nitrogen and oxygen atoms in total. The molecule has 21 heavy (non-hydrogen) atoms. The number of hydrogen-bond acceptors (Lipinski definition) is 5. The van der Waals surface area contributed by atoms with Crippen molar-refractivity contribution in [3.05, 3.63) is 37.1 Å². The second-order valence-corrected chi connectivity index (χ2v) is 9.86. The molecule has 2 aromatic rings. The normalized spacial score (nSPS) is 13.5. The Morgan fingerprint density at radius 2 is 2.14 bits per heavy atom. The second-order valence-electron chi connectivity index (χ2n) is 4.69. The highest BCUT2D eigenvalue weighted by Crippen LogP contribution is 2.31. The van der Waals surface area contributed by atoms with Crippen LogP contribution in [0.15, 0.2) is 32.3 Å². The molecule has 2 N–H and O–H groups in total. The summed E-state index contributed by atoms with van der Waals surface area (Å²) in [5, 5.41) is 5.02. The molecule has 0 saturated carbocycles. The average Bonchev–Trinajstić information content (AvgIpc) is 2.99. The second kappa shape index (κ2) is 7.34. The van der Waals surface area contributed by atoms with Crippen LogP contribution < -0.4 is 10.0 Å². The van der Waals surface area contributed by atoms with Crippen molar-refractivity contribution in [1.29, 1.82) is 0 Å². The molecule has 0 aliphatic carbocycles. The summed E-state index contributed by atoms with van der Waals surface area (Å²) in [6, 6.07) is 5.56. The summed E-state index contributed by atoms with van der Waals surface area (Å²) in [5.41, 5.74) is 0. The minimum atomic E-state index is -3.50. The molecule has 0 aliphatic heterocycles. The summed E-state index contributed by atoms with van der Waals surface area (Å²) in [6.45, 7) is 2.54. The van der Waals surface area contributed by atoms with Gasteiger partial charge in [0.15, 0.2) is 0 Å². The van der Waals surface area contributed by atoms with Crippen molar-refractivity contribution >= 4 is 48.6 Å². The minimum Gasteiger partial charge on any atom is -0.315 e. The van der Waals surface area contributed by atoms with E-state index in [1.54, 1.807) is 17.4 Å². The van der Waals surface area contributed by atoms with E-state index in [1.165, 1.54) is 16.2 Å². The van der Waals surface area contributed by atoms with Gasteiger partial charge in [0.2, 0.25) is 10.0 Å². The van der Waals surface area contributed by atoms with Gasteiger partial charge in [-0.15, -0.1) is 22.7 Å². The fraction of sp³-hybridized carbons (Fsp3) is 0.385. The summed E-state index contributed by atoms with van der Waals surface area (Å²) in [5.74, 6) is 0. The topological polar surface area (TPSA) is 58.2 Å². The van der Waals surface area contributed by atoms with Crippen LogP contribution in [-0.2, 0) is 23.0 Å². The fourth-order valence-electron chi connectivity index (χ4n) is 1.94. The van der Waals surface area contributed by atoms with Crippen molar-refractivity contribution in [3.8, 4) is 0 Å². The Morgan fingerprint density at radius 1 is 1.38 bits per heavy atom. The van der Waals surface area contributed by atoms with Crippen molar-refractivity contribution < 1.29 is 8.42 Å². The Hall–Kier alpha value is -0.250. The van der Waals surface area contributed by atoms with Gasteiger partial charge in [-0.1, -0.05) is 6.07 Å². The molecule has 0 bridgehead atoms. The number of thiophene rings is 2. The molecule has 8 heteroatoms. The van der Waals surface area contributed by atoms with Crippen molar-refractivity contribution in [2.24, 2.45) is 0 Å². The van der Waals surface area contributed by atoms with Crippen LogP contribution in [0, 0.1) is 0 Å². The minimum absolute atomic E-state index is 0.145. The van der Waals surface area contributed by atoms with Crippen molar-refractivity contribution in [2.75, 3.05) is 7.05 Å². The van der Waals surface area contributed by atoms with Crippen LogP contribution in [0.1, 0.15) is 16.7 Å². The number of nitrogens with one attached hydrogen (secondary N) is 2. The van der Waals surface area contributed by atoms with Crippen LogP contribution in [0.5, 0.6) is 0 Å². The lowest BCUT2D eigenvalue weighted by Crippen LogP contribution is -2.33. The van der Waals surface area contributed by atoms with E-state index in [0.29, 0.717) is 21.6 Å². The lowest BCUT2D eigenvalue weighted by molar-refractivity contribution is 0.560. The molecule has 116 valence electrons. The molecular formula is C13H17BrN2O2S3. The first-order valence-electron chi connectivity index (χ1n) is 6.40. The Kier molecular flexibility index (Phi) is 5.98. The monoisotopic (exact) mass is 408 g/mol. The summed E-state index contributed by atoms with van der Waals surface area (Å²) in [6.07, 6.45) is 0.696. The van der Waals surface area contributed by atoms with E-state index in [1.807, 2.05) is 31.5 Å². The molecule has 0 radical (unpaired) electrons. The molecule has 0 amide bonds. The maximum absolute atomic E-state index is 12.5. The van der Waals surface area contributed by atoms with E-state index in [9.17, 15) is 8.42 Å². The van der Waals surface area contributed by atoms with Crippen LogP contribution in [0.4, 0.5) is 0 Å². The smallest absolute Gasteiger partial charge is 0.242 e. The first-order chi connectivity index (χ1) is 9.92. The molecule has 2 heterocycles. The van der Waals surface area contributed by atoms with Crippen LogP contribution in [-0.4, -0.2) is 21.5 Å². The van der Waals surface area contributed by atoms with E-state index in [-0.39, 0.29) is 6.04 Å². The molecule has 0 aliphatic rings. The molecular weight excluding hydrogens is 392 g/mol. The fourth-order valence-corrected chi connectivity index (χ4v) is 6.72. The van der Waals surface area contributed by atoms with Crippen molar-refractivity contribution in [2.45, 2.75) is 30.8 Å². The predicted octanol–water partition coefficient (Wildman–Crippen LogP) is 3.20. The lowest BCUT2D eigenvalue weighted by atomic mass is 10.2. The largest absolute Gasteiger partial charge is 0.315 e.